The molecule has 5 heteroatoms. The molecule has 1 N–H and O–H groups in total. The molecule has 0 spiro atoms. The molecule has 124 valence electrons. The van der Waals surface area contributed by atoms with E-state index in [1.165, 1.54) is 6.07 Å². The van der Waals surface area contributed by atoms with Crippen molar-refractivity contribution in [1.29, 1.82) is 0 Å². The molecular formula is C19H18ClFN2O. The van der Waals surface area contributed by atoms with Crippen molar-refractivity contribution in [1.82, 2.24) is 10.3 Å². The van der Waals surface area contributed by atoms with Gasteiger partial charge in [-0.15, -0.1) is 0 Å². The second kappa shape index (κ2) is 7.60. The molecule has 2 aromatic carbocycles. The number of hydrogen-bond donors (Lipinski definition) is 1. The fourth-order valence-corrected chi connectivity index (χ4v) is 2.72. The summed E-state index contributed by atoms with van der Waals surface area (Å²) in [7, 11) is 0. The monoisotopic (exact) mass is 344 g/mol. The fraction of sp³-hybridized carbons (Fsp3) is 0.211. The molecule has 0 saturated heterocycles. The predicted octanol–water partition coefficient (Wildman–Crippen LogP) is 4.77. The van der Waals surface area contributed by atoms with E-state index in [4.69, 9.17) is 16.0 Å². The molecule has 0 bridgehead atoms. The Morgan fingerprint density at radius 2 is 1.92 bits per heavy atom. The summed E-state index contributed by atoms with van der Waals surface area (Å²) in [6, 6.07) is 14.5. The van der Waals surface area contributed by atoms with E-state index in [2.05, 4.69) is 10.3 Å². The smallest absolute Gasteiger partial charge is 0.226 e. The van der Waals surface area contributed by atoms with Gasteiger partial charge < -0.3 is 9.73 Å². The van der Waals surface area contributed by atoms with Gasteiger partial charge in [-0.3, -0.25) is 0 Å². The highest BCUT2D eigenvalue weighted by Gasteiger charge is 2.11. The summed E-state index contributed by atoms with van der Waals surface area (Å²) in [5, 5.41) is 3.64. The third-order valence-corrected chi connectivity index (χ3v) is 4.17. The number of aryl methyl sites for hydroxylation is 1. The molecule has 1 aromatic heterocycles. The fourth-order valence-electron chi connectivity index (χ4n) is 2.49. The Morgan fingerprint density at radius 3 is 2.67 bits per heavy atom. The van der Waals surface area contributed by atoms with Gasteiger partial charge in [0, 0.05) is 35.7 Å². The van der Waals surface area contributed by atoms with E-state index in [1.807, 2.05) is 37.3 Å². The molecule has 3 rings (SSSR count). The summed E-state index contributed by atoms with van der Waals surface area (Å²) < 4.78 is 19.4. The van der Waals surface area contributed by atoms with Gasteiger partial charge in [0.2, 0.25) is 5.89 Å². The summed E-state index contributed by atoms with van der Waals surface area (Å²) in [4.78, 5) is 4.55. The Bertz CT molecular complexity index is 797. The molecule has 24 heavy (non-hydrogen) atoms. The van der Waals surface area contributed by atoms with E-state index in [0.717, 1.165) is 17.0 Å². The Hall–Kier alpha value is -2.17. The second-order valence-corrected chi connectivity index (χ2v) is 5.92. The van der Waals surface area contributed by atoms with Crippen molar-refractivity contribution in [3.05, 3.63) is 76.4 Å². The van der Waals surface area contributed by atoms with Gasteiger partial charge in [0.05, 0.1) is 5.69 Å². The van der Waals surface area contributed by atoms with E-state index in [1.54, 1.807) is 12.1 Å². The largest absolute Gasteiger partial charge is 0.441 e. The zero-order valence-corrected chi connectivity index (χ0v) is 14.1. The number of halogens is 2. The van der Waals surface area contributed by atoms with Crippen LogP contribution in [0.25, 0.3) is 11.5 Å². The minimum absolute atomic E-state index is 0.293. The molecule has 0 aliphatic rings. The van der Waals surface area contributed by atoms with Crippen molar-refractivity contribution in [2.75, 3.05) is 6.54 Å². The minimum atomic E-state index is -0.293. The third-order valence-electron chi connectivity index (χ3n) is 3.82. The Morgan fingerprint density at radius 1 is 1.12 bits per heavy atom. The van der Waals surface area contributed by atoms with Crippen LogP contribution < -0.4 is 5.32 Å². The molecule has 0 fully saturated rings. The van der Waals surface area contributed by atoms with Gasteiger partial charge >= 0.3 is 0 Å². The SMILES string of the molecule is Cc1oc(-c2ccccc2)nc1CCNCc1c(F)cccc1Cl. The number of nitrogens with zero attached hydrogens (tertiary/aromatic N) is 1. The molecule has 3 nitrogen and oxygen atoms in total. The lowest BCUT2D eigenvalue weighted by atomic mass is 10.2. The molecule has 0 radical (unpaired) electrons. The summed E-state index contributed by atoms with van der Waals surface area (Å²) in [6.45, 7) is 2.95. The van der Waals surface area contributed by atoms with Gasteiger partial charge in [-0.2, -0.15) is 0 Å². The molecule has 0 aliphatic carbocycles. The molecular weight excluding hydrogens is 327 g/mol. The minimum Gasteiger partial charge on any atom is -0.441 e. The molecule has 1 heterocycles. The van der Waals surface area contributed by atoms with Gasteiger partial charge in [0.1, 0.15) is 11.6 Å². The van der Waals surface area contributed by atoms with E-state index in [9.17, 15) is 4.39 Å². The summed E-state index contributed by atoms with van der Waals surface area (Å²) in [5.74, 6) is 1.14. The van der Waals surface area contributed by atoms with Gasteiger partial charge in [0.15, 0.2) is 0 Å². The zero-order valence-electron chi connectivity index (χ0n) is 13.4. The topological polar surface area (TPSA) is 38.1 Å². The maximum Gasteiger partial charge on any atom is 0.226 e. The number of nitrogens with one attached hydrogen (secondary N) is 1. The van der Waals surface area contributed by atoms with E-state index in [0.29, 0.717) is 36.0 Å². The van der Waals surface area contributed by atoms with Crippen LogP contribution in [0.15, 0.2) is 52.9 Å². The second-order valence-electron chi connectivity index (χ2n) is 5.51. The van der Waals surface area contributed by atoms with E-state index in [-0.39, 0.29) is 5.82 Å². The van der Waals surface area contributed by atoms with Crippen LogP contribution >= 0.6 is 11.6 Å². The number of hydrogen-bond acceptors (Lipinski definition) is 3. The van der Waals surface area contributed by atoms with Crippen LogP contribution in [0.4, 0.5) is 4.39 Å². The first-order chi connectivity index (χ1) is 11.6. The van der Waals surface area contributed by atoms with Crippen molar-refractivity contribution in [3.63, 3.8) is 0 Å². The van der Waals surface area contributed by atoms with Gasteiger partial charge in [0.25, 0.3) is 0 Å². The number of rotatable bonds is 6. The van der Waals surface area contributed by atoms with Crippen LogP contribution in [0.3, 0.4) is 0 Å². The molecule has 0 unspecified atom stereocenters. The first-order valence-electron chi connectivity index (χ1n) is 7.80. The van der Waals surface area contributed by atoms with Crippen LogP contribution in [0, 0.1) is 12.7 Å². The average Bonchev–Trinajstić information content (AvgIpc) is 2.95. The average molecular weight is 345 g/mol. The lowest BCUT2D eigenvalue weighted by Gasteiger charge is -2.07. The van der Waals surface area contributed by atoms with E-state index >= 15 is 0 Å². The van der Waals surface area contributed by atoms with Gasteiger partial charge in [-0.05, 0) is 31.2 Å². The molecule has 0 aliphatic heterocycles. The van der Waals surface area contributed by atoms with Crippen LogP contribution in [0.2, 0.25) is 5.02 Å². The number of benzene rings is 2. The predicted molar refractivity (Wildman–Crippen MR) is 93.5 cm³/mol. The maximum absolute atomic E-state index is 13.7. The number of oxazole rings is 1. The highest BCUT2D eigenvalue weighted by atomic mass is 35.5. The van der Waals surface area contributed by atoms with Crippen molar-refractivity contribution < 1.29 is 8.81 Å². The first kappa shape index (κ1) is 16.7. The number of aromatic nitrogens is 1. The van der Waals surface area contributed by atoms with Crippen LogP contribution in [-0.4, -0.2) is 11.5 Å². The summed E-state index contributed by atoms with van der Waals surface area (Å²) in [6.07, 6.45) is 0.703. The van der Waals surface area contributed by atoms with E-state index < -0.39 is 0 Å². The third kappa shape index (κ3) is 3.83. The lowest BCUT2D eigenvalue weighted by Crippen LogP contribution is -2.18. The Kier molecular flexibility index (Phi) is 5.28. The molecule has 3 aromatic rings. The Balaban J connectivity index is 1.59. The van der Waals surface area contributed by atoms with Crippen LogP contribution in [0.1, 0.15) is 17.0 Å². The zero-order chi connectivity index (χ0) is 16.9. The van der Waals surface area contributed by atoms with Gasteiger partial charge in [-0.1, -0.05) is 35.9 Å². The van der Waals surface area contributed by atoms with Crippen molar-refractivity contribution >= 4 is 11.6 Å². The lowest BCUT2D eigenvalue weighted by molar-refractivity contribution is 0.537. The normalized spacial score (nSPS) is 11.0. The first-order valence-corrected chi connectivity index (χ1v) is 8.18. The summed E-state index contributed by atoms with van der Waals surface area (Å²) >= 11 is 6.01. The van der Waals surface area contributed by atoms with Crippen molar-refractivity contribution in [3.8, 4) is 11.5 Å². The summed E-state index contributed by atoms with van der Waals surface area (Å²) in [5.41, 5.74) is 2.35. The maximum atomic E-state index is 13.7. The molecule has 0 amide bonds. The molecule has 0 saturated carbocycles. The van der Waals surface area contributed by atoms with Crippen molar-refractivity contribution in [2.45, 2.75) is 19.9 Å². The highest BCUT2D eigenvalue weighted by Crippen LogP contribution is 2.22. The highest BCUT2D eigenvalue weighted by molar-refractivity contribution is 6.31. The van der Waals surface area contributed by atoms with Gasteiger partial charge in [-0.25, -0.2) is 9.37 Å². The standard InChI is InChI=1S/C19H18ClFN2O/c1-13-18(23-19(24-13)14-6-3-2-4-7-14)10-11-22-12-15-16(20)8-5-9-17(15)21/h2-9,22H,10-12H2,1H3. The Labute approximate surface area is 145 Å². The quantitative estimate of drug-likeness (QED) is 0.654. The molecule has 0 atom stereocenters. The van der Waals surface area contributed by atoms with Crippen molar-refractivity contribution in [2.24, 2.45) is 0 Å². The van der Waals surface area contributed by atoms with Crippen LogP contribution in [-0.2, 0) is 13.0 Å². The van der Waals surface area contributed by atoms with Crippen LogP contribution in [0.5, 0.6) is 0 Å².